The molecule has 1 atom stereocenters. The van der Waals surface area contributed by atoms with E-state index in [1.54, 1.807) is 14.0 Å². The zero-order valence-electron chi connectivity index (χ0n) is 17.4. The van der Waals surface area contributed by atoms with Crippen molar-refractivity contribution in [2.24, 2.45) is 5.92 Å². The van der Waals surface area contributed by atoms with Crippen LogP contribution in [0.1, 0.15) is 96.5 Å². The number of ketones is 1. The van der Waals surface area contributed by atoms with Gasteiger partial charge < -0.3 is 4.74 Å². The van der Waals surface area contributed by atoms with E-state index < -0.39 is 0 Å². The number of carbonyl (C=O) groups excluding carboxylic acids is 1. The second-order valence-corrected chi connectivity index (χ2v) is 7.68. The van der Waals surface area contributed by atoms with Crippen LogP contribution in [0.5, 0.6) is 5.75 Å². The molecule has 0 radical (unpaired) electrons. The highest BCUT2D eigenvalue weighted by Gasteiger charge is 2.14. The van der Waals surface area contributed by atoms with Crippen molar-refractivity contribution in [3.63, 3.8) is 0 Å². The van der Waals surface area contributed by atoms with Crippen LogP contribution in [0.4, 0.5) is 0 Å². The van der Waals surface area contributed by atoms with Gasteiger partial charge in [-0.05, 0) is 37.5 Å². The predicted molar refractivity (Wildman–Crippen MR) is 112 cm³/mol. The maximum atomic E-state index is 12.0. The quantitative estimate of drug-likeness (QED) is 0.293. The highest BCUT2D eigenvalue weighted by Crippen LogP contribution is 2.20. The lowest BCUT2D eigenvalue weighted by atomic mass is 9.90. The molecule has 1 rings (SSSR count). The molecule has 0 spiro atoms. The van der Waals surface area contributed by atoms with Crippen LogP contribution < -0.4 is 4.74 Å². The van der Waals surface area contributed by atoms with Gasteiger partial charge in [0.25, 0.3) is 0 Å². The van der Waals surface area contributed by atoms with E-state index in [0.717, 1.165) is 18.6 Å². The highest BCUT2D eigenvalue weighted by molar-refractivity contribution is 5.78. The van der Waals surface area contributed by atoms with Gasteiger partial charge in [-0.2, -0.15) is 0 Å². The number of ether oxygens (including phenoxy) is 1. The van der Waals surface area contributed by atoms with Gasteiger partial charge in [0, 0.05) is 5.92 Å². The summed E-state index contributed by atoms with van der Waals surface area (Å²) in [5.41, 5.74) is 1.23. The zero-order chi connectivity index (χ0) is 19.0. The Labute approximate surface area is 161 Å². The van der Waals surface area contributed by atoms with Gasteiger partial charge in [0.2, 0.25) is 0 Å². The molecule has 1 aromatic carbocycles. The molecule has 0 aliphatic heterocycles. The molecule has 0 N–H and O–H groups in total. The molecule has 0 fully saturated rings. The van der Waals surface area contributed by atoms with Crippen LogP contribution in [0.3, 0.4) is 0 Å². The largest absolute Gasteiger partial charge is 0.497 e. The van der Waals surface area contributed by atoms with Crippen molar-refractivity contribution in [1.29, 1.82) is 0 Å². The Kier molecular flexibility index (Phi) is 13.0. The lowest BCUT2D eigenvalue weighted by Gasteiger charge is -2.14. The third-order valence-corrected chi connectivity index (χ3v) is 5.37. The van der Waals surface area contributed by atoms with Crippen LogP contribution in [0.15, 0.2) is 24.3 Å². The van der Waals surface area contributed by atoms with E-state index in [1.165, 1.54) is 76.2 Å². The van der Waals surface area contributed by atoms with E-state index in [1.807, 2.05) is 12.1 Å². The van der Waals surface area contributed by atoms with Gasteiger partial charge >= 0.3 is 0 Å². The smallest absolute Gasteiger partial charge is 0.133 e. The van der Waals surface area contributed by atoms with Crippen molar-refractivity contribution in [2.45, 2.75) is 97.3 Å². The molecule has 2 heteroatoms. The molecule has 0 amide bonds. The van der Waals surface area contributed by atoms with E-state index in [0.29, 0.717) is 5.78 Å². The minimum Gasteiger partial charge on any atom is -0.497 e. The number of hydrogen-bond acceptors (Lipinski definition) is 2. The molecule has 0 saturated heterocycles. The third kappa shape index (κ3) is 10.6. The maximum absolute atomic E-state index is 12.0. The first-order valence-corrected chi connectivity index (χ1v) is 10.8. The summed E-state index contributed by atoms with van der Waals surface area (Å²) in [7, 11) is 1.68. The van der Waals surface area contributed by atoms with Crippen molar-refractivity contribution in [1.82, 2.24) is 0 Å². The first kappa shape index (κ1) is 22.7. The molecular weight excluding hydrogens is 320 g/mol. The second-order valence-electron chi connectivity index (χ2n) is 7.68. The molecule has 0 aliphatic carbocycles. The number of hydrogen-bond donors (Lipinski definition) is 0. The van der Waals surface area contributed by atoms with Crippen molar-refractivity contribution >= 4 is 5.78 Å². The molecule has 0 aromatic heterocycles. The van der Waals surface area contributed by atoms with E-state index in [-0.39, 0.29) is 5.92 Å². The molecule has 0 saturated carbocycles. The van der Waals surface area contributed by atoms with Gasteiger partial charge in [-0.3, -0.25) is 4.79 Å². The topological polar surface area (TPSA) is 26.3 Å². The van der Waals surface area contributed by atoms with Crippen LogP contribution >= 0.6 is 0 Å². The maximum Gasteiger partial charge on any atom is 0.133 e. The Balaban J connectivity index is 2.11. The number of rotatable bonds is 16. The first-order valence-electron chi connectivity index (χ1n) is 10.8. The predicted octanol–water partition coefficient (Wildman–Crippen LogP) is 7.14. The Morgan fingerprint density at radius 1 is 0.846 bits per heavy atom. The van der Waals surface area contributed by atoms with Crippen LogP contribution in [0.2, 0.25) is 0 Å². The average Bonchev–Trinajstić information content (AvgIpc) is 2.65. The summed E-state index contributed by atoms with van der Waals surface area (Å²) >= 11 is 0. The van der Waals surface area contributed by atoms with Crippen LogP contribution in [0, 0.1) is 5.92 Å². The summed E-state index contributed by atoms with van der Waals surface area (Å²) in [6, 6.07) is 8.12. The van der Waals surface area contributed by atoms with Gasteiger partial charge in [-0.25, -0.2) is 0 Å². The normalized spacial score (nSPS) is 12.1. The molecule has 2 nitrogen and oxygen atoms in total. The Morgan fingerprint density at radius 2 is 1.35 bits per heavy atom. The number of Topliss-reactive ketones (excluding diaryl/α,β-unsaturated/α-hetero) is 1. The highest BCUT2D eigenvalue weighted by atomic mass is 16.5. The fourth-order valence-electron chi connectivity index (χ4n) is 3.55. The van der Waals surface area contributed by atoms with E-state index >= 15 is 0 Å². The SMILES string of the molecule is CCCCCCCCCCCCCC(Cc1ccc(OC)cc1)C(C)=O. The molecule has 26 heavy (non-hydrogen) atoms. The first-order chi connectivity index (χ1) is 12.7. The van der Waals surface area contributed by atoms with Crippen LogP contribution in [-0.4, -0.2) is 12.9 Å². The molecule has 1 aromatic rings. The van der Waals surface area contributed by atoms with Crippen molar-refractivity contribution in [3.05, 3.63) is 29.8 Å². The second kappa shape index (κ2) is 14.8. The lowest BCUT2D eigenvalue weighted by Crippen LogP contribution is -2.14. The van der Waals surface area contributed by atoms with E-state index in [2.05, 4.69) is 19.1 Å². The van der Waals surface area contributed by atoms with Gasteiger partial charge in [0.15, 0.2) is 0 Å². The minimum absolute atomic E-state index is 0.168. The molecule has 0 heterocycles. The number of benzene rings is 1. The van der Waals surface area contributed by atoms with Crippen molar-refractivity contribution in [3.8, 4) is 5.75 Å². The fraction of sp³-hybridized carbons (Fsp3) is 0.708. The summed E-state index contributed by atoms with van der Waals surface area (Å²) in [5, 5.41) is 0. The Bertz CT molecular complexity index is 464. The summed E-state index contributed by atoms with van der Waals surface area (Å²) in [4.78, 5) is 12.0. The minimum atomic E-state index is 0.168. The third-order valence-electron chi connectivity index (χ3n) is 5.37. The van der Waals surface area contributed by atoms with Crippen LogP contribution in [0.25, 0.3) is 0 Å². The van der Waals surface area contributed by atoms with Gasteiger partial charge in [-0.1, -0.05) is 89.7 Å². The molecule has 1 unspecified atom stereocenters. The molecular formula is C24H40O2. The number of methoxy groups -OCH3 is 1. The Hall–Kier alpha value is -1.31. The van der Waals surface area contributed by atoms with E-state index in [9.17, 15) is 4.79 Å². The summed E-state index contributed by atoms with van der Waals surface area (Å²) < 4.78 is 5.20. The fourth-order valence-corrected chi connectivity index (χ4v) is 3.55. The lowest BCUT2D eigenvalue weighted by molar-refractivity contribution is -0.120. The van der Waals surface area contributed by atoms with Crippen molar-refractivity contribution in [2.75, 3.05) is 7.11 Å². The van der Waals surface area contributed by atoms with Crippen molar-refractivity contribution < 1.29 is 9.53 Å². The molecule has 148 valence electrons. The van der Waals surface area contributed by atoms with Crippen LogP contribution in [-0.2, 0) is 11.2 Å². The summed E-state index contributed by atoms with van der Waals surface area (Å²) in [5.74, 6) is 1.37. The summed E-state index contributed by atoms with van der Waals surface area (Å²) in [6.45, 7) is 4.01. The number of carbonyl (C=O) groups is 1. The Morgan fingerprint density at radius 3 is 1.81 bits per heavy atom. The molecule has 0 bridgehead atoms. The van der Waals surface area contributed by atoms with Gasteiger partial charge in [-0.15, -0.1) is 0 Å². The van der Waals surface area contributed by atoms with Gasteiger partial charge in [0.05, 0.1) is 7.11 Å². The van der Waals surface area contributed by atoms with Gasteiger partial charge in [0.1, 0.15) is 11.5 Å². The standard InChI is InChI=1S/C24H40O2/c1-4-5-6-7-8-9-10-11-12-13-14-15-23(21(2)25)20-22-16-18-24(26-3)19-17-22/h16-19,23H,4-15,20H2,1-3H3. The zero-order valence-corrected chi connectivity index (χ0v) is 17.4. The summed E-state index contributed by atoms with van der Waals surface area (Å²) in [6.07, 6.45) is 16.8. The van der Waals surface area contributed by atoms with E-state index in [4.69, 9.17) is 4.74 Å². The number of unbranched alkanes of at least 4 members (excludes halogenated alkanes) is 10. The monoisotopic (exact) mass is 360 g/mol. The average molecular weight is 361 g/mol. The molecule has 0 aliphatic rings.